The Morgan fingerprint density at radius 3 is 2.05 bits per heavy atom. The van der Waals surface area contributed by atoms with E-state index in [-0.39, 0.29) is 11.2 Å². The third-order valence-electron chi connectivity index (χ3n) is 4.53. The molecule has 2 aromatic carbocycles. The third-order valence-corrected chi connectivity index (χ3v) is 5.82. The average Bonchev–Trinajstić information content (AvgIpc) is 2.48. The van der Waals surface area contributed by atoms with Crippen LogP contribution in [0.4, 0.5) is 0 Å². The van der Waals surface area contributed by atoms with Gasteiger partial charge in [0.2, 0.25) is 10.0 Å². The van der Waals surface area contributed by atoms with E-state index in [2.05, 4.69) is 16.9 Å². The summed E-state index contributed by atoms with van der Waals surface area (Å²) in [5.41, 5.74) is 2.03. The zero-order chi connectivity index (χ0) is 15.5. The first kappa shape index (κ1) is 15.3. The van der Waals surface area contributed by atoms with Crippen molar-refractivity contribution in [2.75, 3.05) is 6.54 Å². The fourth-order valence-corrected chi connectivity index (χ4v) is 4.29. The molecule has 0 saturated heterocycles. The molecule has 4 heteroatoms. The summed E-state index contributed by atoms with van der Waals surface area (Å²) in [6.07, 6.45) is 3.26. The van der Waals surface area contributed by atoms with Gasteiger partial charge in [-0.3, -0.25) is 0 Å². The van der Waals surface area contributed by atoms with Gasteiger partial charge in [0.1, 0.15) is 0 Å². The van der Waals surface area contributed by atoms with Crippen molar-refractivity contribution in [3.05, 3.63) is 71.8 Å². The van der Waals surface area contributed by atoms with Gasteiger partial charge in [0.05, 0.1) is 5.75 Å². The molecular formula is C18H21NO2S. The molecule has 0 aromatic heterocycles. The summed E-state index contributed by atoms with van der Waals surface area (Å²) in [6.45, 7) is 0.492. The van der Waals surface area contributed by atoms with Gasteiger partial charge in [0.25, 0.3) is 0 Å². The minimum atomic E-state index is -3.30. The first-order chi connectivity index (χ1) is 10.6. The van der Waals surface area contributed by atoms with Gasteiger partial charge in [-0.25, -0.2) is 13.1 Å². The molecule has 1 N–H and O–H groups in total. The highest BCUT2D eigenvalue weighted by atomic mass is 32.2. The smallest absolute Gasteiger partial charge is 0.214 e. The lowest BCUT2D eigenvalue weighted by Gasteiger charge is -2.42. The SMILES string of the molecule is O=S(=O)(Cc1ccccc1)NCC1(c2ccccc2)CCC1. The molecule has 1 aliphatic carbocycles. The van der Waals surface area contributed by atoms with E-state index in [9.17, 15) is 8.42 Å². The average molecular weight is 315 g/mol. The van der Waals surface area contributed by atoms with Crippen LogP contribution < -0.4 is 4.72 Å². The highest BCUT2D eigenvalue weighted by molar-refractivity contribution is 7.88. The number of sulfonamides is 1. The van der Waals surface area contributed by atoms with Crippen molar-refractivity contribution in [1.29, 1.82) is 0 Å². The van der Waals surface area contributed by atoms with Crippen LogP contribution in [0.15, 0.2) is 60.7 Å². The van der Waals surface area contributed by atoms with Crippen LogP contribution in [0.2, 0.25) is 0 Å². The van der Waals surface area contributed by atoms with Crippen LogP contribution in [0.25, 0.3) is 0 Å². The molecule has 1 aliphatic rings. The maximum atomic E-state index is 12.3. The highest BCUT2D eigenvalue weighted by Crippen LogP contribution is 2.43. The van der Waals surface area contributed by atoms with E-state index in [4.69, 9.17) is 0 Å². The standard InChI is InChI=1S/C18H21NO2S/c20-22(21,14-16-8-3-1-4-9-16)19-15-18(12-7-13-18)17-10-5-2-6-11-17/h1-6,8-11,19H,7,12-15H2. The Labute approximate surface area is 132 Å². The molecule has 0 unspecified atom stereocenters. The molecule has 1 saturated carbocycles. The van der Waals surface area contributed by atoms with Crippen LogP contribution in [-0.2, 0) is 21.2 Å². The molecule has 0 atom stereocenters. The second kappa shape index (κ2) is 6.23. The van der Waals surface area contributed by atoms with Gasteiger partial charge < -0.3 is 0 Å². The lowest BCUT2D eigenvalue weighted by atomic mass is 9.64. The molecule has 3 nitrogen and oxygen atoms in total. The fourth-order valence-electron chi connectivity index (χ4n) is 3.06. The van der Waals surface area contributed by atoms with Crippen LogP contribution in [0.3, 0.4) is 0 Å². The minimum Gasteiger partial charge on any atom is -0.214 e. The lowest BCUT2D eigenvalue weighted by Crippen LogP contribution is -2.45. The van der Waals surface area contributed by atoms with E-state index in [0.29, 0.717) is 6.54 Å². The summed E-state index contributed by atoms with van der Waals surface area (Å²) < 4.78 is 27.4. The van der Waals surface area contributed by atoms with Gasteiger partial charge in [0.15, 0.2) is 0 Å². The number of nitrogens with one attached hydrogen (secondary N) is 1. The van der Waals surface area contributed by atoms with Crippen molar-refractivity contribution in [2.24, 2.45) is 0 Å². The Morgan fingerprint density at radius 1 is 0.909 bits per heavy atom. The lowest BCUT2D eigenvalue weighted by molar-refractivity contribution is 0.245. The third kappa shape index (κ3) is 3.39. The van der Waals surface area contributed by atoms with E-state index in [1.165, 1.54) is 5.56 Å². The van der Waals surface area contributed by atoms with Crippen LogP contribution in [0.5, 0.6) is 0 Å². The van der Waals surface area contributed by atoms with Crippen LogP contribution in [0, 0.1) is 0 Å². The molecule has 3 rings (SSSR count). The van der Waals surface area contributed by atoms with Crippen LogP contribution in [-0.4, -0.2) is 15.0 Å². The molecule has 0 spiro atoms. The minimum absolute atomic E-state index is 0.0228. The Morgan fingerprint density at radius 2 is 1.50 bits per heavy atom. The van der Waals surface area contributed by atoms with Crippen molar-refractivity contribution < 1.29 is 8.42 Å². The first-order valence-electron chi connectivity index (χ1n) is 7.67. The van der Waals surface area contributed by atoms with E-state index >= 15 is 0 Å². The fraction of sp³-hybridized carbons (Fsp3) is 0.333. The van der Waals surface area contributed by atoms with E-state index in [0.717, 1.165) is 24.8 Å². The number of rotatable bonds is 6. The second-order valence-corrected chi connectivity index (χ2v) is 7.87. The summed E-state index contributed by atoms with van der Waals surface area (Å²) in [6, 6.07) is 19.5. The van der Waals surface area contributed by atoms with Crippen LogP contribution in [0.1, 0.15) is 30.4 Å². The van der Waals surface area contributed by atoms with Gasteiger partial charge in [-0.2, -0.15) is 0 Å². The number of benzene rings is 2. The maximum Gasteiger partial charge on any atom is 0.215 e. The van der Waals surface area contributed by atoms with Crippen molar-refractivity contribution in [3.8, 4) is 0 Å². The Bertz CT molecular complexity index is 707. The van der Waals surface area contributed by atoms with Gasteiger partial charge >= 0.3 is 0 Å². The van der Waals surface area contributed by atoms with E-state index in [1.54, 1.807) is 0 Å². The topological polar surface area (TPSA) is 46.2 Å². The van der Waals surface area contributed by atoms with Crippen molar-refractivity contribution in [1.82, 2.24) is 4.72 Å². The monoisotopic (exact) mass is 315 g/mol. The summed E-state index contributed by atoms with van der Waals surface area (Å²) in [5.74, 6) is 0.0404. The van der Waals surface area contributed by atoms with Crippen molar-refractivity contribution >= 4 is 10.0 Å². The molecular weight excluding hydrogens is 294 g/mol. The van der Waals surface area contributed by atoms with Crippen molar-refractivity contribution in [2.45, 2.75) is 30.4 Å². The molecule has 0 amide bonds. The van der Waals surface area contributed by atoms with E-state index in [1.807, 2.05) is 48.5 Å². The number of hydrogen-bond acceptors (Lipinski definition) is 2. The predicted octanol–water partition coefficient (Wildman–Crippen LogP) is 3.23. The molecule has 0 aliphatic heterocycles. The molecule has 0 heterocycles. The van der Waals surface area contributed by atoms with E-state index < -0.39 is 10.0 Å². The molecule has 22 heavy (non-hydrogen) atoms. The molecule has 2 aromatic rings. The highest BCUT2D eigenvalue weighted by Gasteiger charge is 2.39. The summed E-state index contributed by atoms with van der Waals surface area (Å²) in [4.78, 5) is 0. The molecule has 0 radical (unpaired) electrons. The Balaban J connectivity index is 1.68. The quantitative estimate of drug-likeness (QED) is 0.889. The Kier molecular flexibility index (Phi) is 4.32. The molecule has 116 valence electrons. The summed E-state index contributed by atoms with van der Waals surface area (Å²) in [7, 11) is -3.30. The molecule has 1 fully saturated rings. The predicted molar refractivity (Wildman–Crippen MR) is 89.0 cm³/mol. The van der Waals surface area contributed by atoms with Crippen LogP contribution >= 0.6 is 0 Å². The normalized spacial score (nSPS) is 16.9. The van der Waals surface area contributed by atoms with Gasteiger partial charge in [-0.05, 0) is 24.0 Å². The first-order valence-corrected chi connectivity index (χ1v) is 9.32. The molecule has 0 bridgehead atoms. The van der Waals surface area contributed by atoms with Gasteiger partial charge in [-0.1, -0.05) is 67.1 Å². The van der Waals surface area contributed by atoms with Gasteiger partial charge in [0, 0.05) is 12.0 Å². The largest absolute Gasteiger partial charge is 0.215 e. The zero-order valence-electron chi connectivity index (χ0n) is 12.5. The van der Waals surface area contributed by atoms with Gasteiger partial charge in [-0.15, -0.1) is 0 Å². The second-order valence-electron chi connectivity index (χ2n) is 6.07. The number of hydrogen-bond donors (Lipinski definition) is 1. The summed E-state index contributed by atoms with van der Waals surface area (Å²) >= 11 is 0. The Hall–Kier alpha value is -1.65. The zero-order valence-corrected chi connectivity index (χ0v) is 13.4. The maximum absolute atomic E-state index is 12.3. The summed E-state index contributed by atoms with van der Waals surface area (Å²) in [5, 5.41) is 0. The van der Waals surface area contributed by atoms with Crippen molar-refractivity contribution in [3.63, 3.8) is 0 Å².